The minimum absolute atomic E-state index is 0.0305. The Kier molecular flexibility index (Phi) is 3.76. The number of nitrogens with zero attached hydrogens (tertiary/aromatic N) is 3. The van der Waals surface area contributed by atoms with Crippen LogP contribution in [-0.2, 0) is 6.42 Å². The number of carbonyl (C=O) groups excluding carboxylic acids is 1. The average molecular weight is 321 g/mol. The van der Waals surface area contributed by atoms with Crippen LogP contribution in [0.1, 0.15) is 28.4 Å². The molecule has 0 N–H and O–H groups in total. The van der Waals surface area contributed by atoms with E-state index in [0.29, 0.717) is 17.5 Å². The van der Waals surface area contributed by atoms with Gasteiger partial charge in [-0.15, -0.1) is 0 Å². The van der Waals surface area contributed by atoms with Crippen molar-refractivity contribution in [3.05, 3.63) is 59.9 Å². The lowest BCUT2D eigenvalue weighted by Crippen LogP contribution is -2.29. The Balaban J connectivity index is 1.43. The number of fused-ring (bicyclic) bond motifs is 1. The number of pyridine rings is 1. The van der Waals surface area contributed by atoms with Crippen LogP contribution < -0.4 is 0 Å². The lowest BCUT2D eigenvalue weighted by molar-refractivity contribution is 0.0781. The molecular weight excluding hydrogens is 302 g/mol. The van der Waals surface area contributed by atoms with E-state index in [2.05, 4.69) is 34.2 Å². The minimum atomic E-state index is -0.0305. The Morgan fingerprint density at radius 2 is 2.29 bits per heavy atom. The molecule has 0 radical (unpaired) electrons. The van der Waals surface area contributed by atoms with Gasteiger partial charge in [-0.25, -0.2) is 4.98 Å². The maximum absolute atomic E-state index is 12.4. The summed E-state index contributed by atoms with van der Waals surface area (Å²) in [6, 6.07) is 10.5. The molecule has 3 heterocycles. The topological polar surface area (TPSA) is 59.2 Å². The number of aryl methyl sites for hydroxylation is 1. The highest BCUT2D eigenvalue weighted by Gasteiger charge is 2.28. The second-order valence-electron chi connectivity index (χ2n) is 6.39. The summed E-state index contributed by atoms with van der Waals surface area (Å²) in [5, 5.41) is 1.17. The van der Waals surface area contributed by atoms with Gasteiger partial charge in [0.2, 0.25) is 0 Å². The summed E-state index contributed by atoms with van der Waals surface area (Å²) in [6.07, 6.45) is 5.26. The van der Waals surface area contributed by atoms with Gasteiger partial charge in [-0.1, -0.05) is 12.1 Å². The van der Waals surface area contributed by atoms with Gasteiger partial charge in [-0.2, -0.15) is 0 Å². The molecule has 4 rings (SSSR count). The Bertz CT molecular complexity index is 887. The van der Waals surface area contributed by atoms with Gasteiger partial charge in [0.25, 0.3) is 5.91 Å². The van der Waals surface area contributed by atoms with E-state index in [1.165, 1.54) is 17.2 Å². The van der Waals surface area contributed by atoms with Crippen LogP contribution in [0.2, 0.25) is 0 Å². The van der Waals surface area contributed by atoms with E-state index < -0.39 is 0 Å². The number of aromatic nitrogens is 2. The minimum Gasteiger partial charge on any atom is -0.448 e. The van der Waals surface area contributed by atoms with Crippen molar-refractivity contribution in [2.24, 2.45) is 5.92 Å². The van der Waals surface area contributed by atoms with E-state index in [9.17, 15) is 4.79 Å². The van der Waals surface area contributed by atoms with E-state index in [-0.39, 0.29) is 5.91 Å². The molecule has 122 valence electrons. The lowest BCUT2D eigenvalue weighted by Gasteiger charge is -2.15. The molecule has 2 aromatic heterocycles. The van der Waals surface area contributed by atoms with Crippen molar-refractivity contribution in [3.63, 3.8) is 0 Å². The predicted molar refractivity (Wildman–Crippen MR) is 90.7 cm³/mol. The summed E-state index contributed by atoms with van der Waals surface area (Å²) in [6.45, 7) is 3.30. The Hall–Kier alpha value is -2.69. The van der Waals surface area contributed by atoms with Crippen molar-refractivity contribution in [1.82, 2.24) is 14.9 Å². The Morgan fingerprint density at radius 1 is 1.38 bits per heavy atom. The Labute approximate surface area is 140 Å². The van der Waals surface area contributed by atoms with E-state index in [1.807, 2.05) is 17.2 Å². The van der Waals surface area contributed by atoms with Crippen molar-refractivity contribution in [2.45, 2.75) is 19.8 Å². The molecule has 5 nitrogen and oxygen atoms in total. The molecule has 1 saturated heterocycles. The first-order valence-electron chi connectivity index (χ1n) is 8.24. The second kappa shape index (κ2) is 6.07. The van der Waals surface area contributed by atoms with Crippen molar-refractivity contribution in [3.8, 4) is 0 Å². The monoisotopic (exact) mass is 321 g/mol. The first-order chi connectivity index (χ1) is 11.7. The van der Waals surface area contributed by atoms with Crippen LogP contribution in [0.5, 0.6) is 0 Å². The van der Waals surface area contributed by atoms with Crippen LogP contribution >= 0.6 is 0 Å². The largest absolute Gasteiger partial charge is 0.448 e. The van der Waals surface area contributed by atoms with Crippen LogP contribution in [-0.4, -0.2) is 33.9 Å². The zero-order chi connectivity index (χ0) is 16.5. The summed E-state index contributed by atoms with van der Waals surface area (Å²) < 4.78 is 5.14. The van der Waals surface area contributed by atoms with E-state index >= 15 is 0 Å². The van der Waals surface area contributed by atoms with Crippen molar-refractivity contribution >= 4 is 16.8 Å². The van der Waals surface area contributed by atoms with E-state index in [0.717, 1.165) is 31.4 Å². The second-order valence-corrected chi connectivity index (χ2v) is 6.39. The zero-order valence-corrected chi connectivity index (χ0v) is 13.6. The third-order valence-corrected chi connectivity index (χ3v) is 4.60. The SMILES string of the molecule is Cc1nc(C(=O)N2CC[C@@H](Cc3ccc4ncccc4c3)C2)co1. The molecule has 0 bridgehead atoms. The fraction of sp³-hybridized carbons (Fsp3) is 0.316. The third kappa shape index (κ3) is 2.89. The molecule has 1 fully saturated rings. The van der Waals surface area contributed by atoms with Crippen LogP contribution in [0.25, 0.3) is 10.9 Å². The first-order valence-corrected chi connectivity index (χ1v) is 8.24. The standard InChI is InChI=1S/C19H19N3O2/c1-13-21-18(12-24-13)19(23)22-8-6-15(11-22)9-14-4-5-17-16(10-14)3-2-7-20-17/h2-5,7,10,12,15H,6,8-9,11H2,1H3/t15-/m0/s1. The molecular formula is C19H19N3O2. The number of likely N-dealkylation sites (tertiary alicyclic amines) is 1. The smallest absolute Gasteiger partial charge is 0.275 e. The molecule has 1 amide bonds. The average Bonchev–Trinajstić information content (AvgIpc) is 3.23. The van der Waals surface area contributed by atoms with Crippen molar-refractivity contribution in [1.29, 1.82) is 0 Å². The number of benzene rings is 1. The van der Waals surface area contributed by atoms with Crippen molar-refractivity contribution in [2.75, 3.05) is 13.1 Å². The zero-order valence-electron chi connectivity index (χ0n) is 13.6. The van der Waals surface area contributed by atoms with Gasteiger partial charge in [0.1, 0.15) is 6.26 Å². The first kappa shape index (κ1) is 14.9. The van der Waals surface area contributed by atoms with Gasteiger partial charge < -0.3 is 9.32 Å². The highest BCUT2D eigenvalue weighted by Crippen LogP contribution is 2.24. The number of hydrogen-bond acceptors (Lipinski definition) is 4. The maximum atomic E-state index is 12.4. The highest BCUT2D eigenvalue weighted by molar-refractivity contribution is 5.92. The summed E-state index contributed by atoms with van der Waals surface area (Å²) in [7, 11) is 0. The van der Waals surface area contributed by atoms with Gasteiger partial charge in [0, 0.05) is 31.6 Å². The number of amides is 1. The quantitative estimate of drug-likeness (QED) is 0.743. The van der Waals surface area contributed by atoms with E-state index in [4.69, 9.17) is 4.42 Å². The fourth-order valence-electron chi connectivity index (χ4n) is 3.39. The van der Waals surface area contributed by atoms with Crippen molar-refractivity contribution < 1.29 is 9.21 Å². The molecule has 1 atom stereocenters. The lowest BCUT2D eigenvalue weighted by atomic mass is 9.97. The summed E-state index contributed by atoms with van der Waals surface area (Å²) in [4.78, 5) is 22.8. The van der Waals surface area contributed by atoms with E-state index in [1.54, 1.807) is 6.92 Å². The predicted octanol–water partition coefficient (Wildman–Crippen LogP) is 3.24. The number of rotatable bonds is 3. The summed E-state index contributed by atoms with van der Waals surface area (Å²) in [5.74, 6) is 0.979. The normalized spacial score (nSPS) is 17.5. The third-order valence-electron chi connectivity index (χ3n) is 4.60. The highest BCUT2D eigenvalue weighted by atomic mass is 16.3. The molecule has 1 aliphatic rings. The number of carbonyl (C=O) groups is 1. The summed E-state index contributed by atoms with van der Waals surface area (Å²) in [5.41, 5.74) is 2.72. The molecule has 0 unspecified atom stereocenters. The maximum Gasteiger partial charge on any atom is 0.275 e. The van der Waals surface area contributed by atoms with Gasteiger partial charge in [0.05, 0.1) is 5.52 Å². The molecule has 24 heavy (non-hydrogen) atoms. The number of hydrogen-bond donors (Lipinski definition) is 0. The molecule has 0 aliphatic carbocycles. The van der Waals surface area contributed by atoms with Crippen LogP contribution in [0, 0.1) is 12.8 Å². The molecule has 1 aliphatic heterocycles. The van der Waals surface area contributed by atoms with Crippen LogP contribution in [0.3, 0.4) is 0 Å². The molecule has 0 spiro atoms. The number of oxazole rings is 1. The molecule has 1 aromatic carbocycles. The van der Waals surface area contributed by atoms with Gasteiger partial charge in [-0.05, 0) is 42.5 Å². The van der Waals surface area contributed by atoms with Crippen LogP contribution in [0.15, 0.2) is 47.2 Å². The van der Waals surface area contributed by atoms with Crippen LogP contribution in [0.4, 0.5) is 0 Å². The molecule has 3 aromatic rings. The summed E-state index contributed by atoms with van der Waals surface area (Å²) >= 11 is 0. The molecule has 5 heteroatoms. The van der Waals surface area contributed by atoms with Gasteiger partial charge >= 0.3 is 0 Å². The Morgan fingerprint density at radius 3 is 3.12 bits per heavy atom. The fourth-order valence-corrected chi connectivity index (χ4v) is 3.39. The van der Waals surface area contributed by atoms with Gasteiger partial charge in [0.15, 0.2) is 11.6 Å². The molecule has 0 saturated carbocycles. The van der Waals surface area contributed by atoms with Gasteiger partial charge in [-0.3, -0.25) is 9.78 Å².